The Morgan fingerprint density at radius 1 is 1.43 bits per heavy atom. The maximum atomic E-state index is 12.1. The van der Waals surface area contributed by atoms with Crippen LogP contribution in [0.5, 0.6) is 0 Å². The molecule has 7 nitrogen and oxygen atoms in total. The van der Waals surface area contributed by atoms with Crippen LogP contribution in [-0.2, 0) is 11.2 Å². The maximum absolute atomic E-state index is 12.1. The fourth-order valence-electron chi connectivity index (χ4n) is 3.07. The summed E-state index contributed by atoms with van der Waals surface area (Å²) in [5.74, 6) is -0.266. The van der Waals surface area contributed by atoms with Crippen LogP contribution in [0.3, 0.4) is 0 Å². The number of nitrogens with zero attached hydrogens (tertiary/aromatic N) is 2. The van der Waals surface area contributed by atoms with Crippen LogP contribution >= 0.6 is 0 Å². The summed E-state index contributed by atoms with van der Waals surface area (Å²) in [4.78, 5) is 25.2. The minimum atomic E-state index is -0.776. The van der Waals surface area contributed by atoms with Crippen LogP contribution in [0, 0.1) is 5.92 Å². The first-order valence-electron chi connectivity index (χ1n) is 8.36. The lowest BCUT2D eigenvalue weighted by molar-refractivity contribution is -0.139. The molecule has 0 aromatic carbocycles. The number of carboxylic acids is 1. The summed E-state index contributed by atoms with van der Waals surface area (Å²) in [5.41, 5.74) is 1.37. The third-order valence-electron chi connectivity index (χ3n) is 4.74. The summed E-state index contributed by atoms with van der Waals surface area (Å²) in [6.07, 6.45) is 4.87. The monoisotopic (exact) mass is 320 g/mol. The second-order valence-electron chi connectivity index (χ2n) is 6.69. The fourth-order valence-corrected chi connectivity index (χ4v) is 3.07. The molecule has 1 aromatic heterocycles. The molecule has 3 N–H and O–H groups in total. The number of carbonyl (C=O) groups excluding carboxylic acids is 1. The summed E-state index contributed by atoms with van der Waals surface area (Å²) in [7, 11) is 0. The van der Waals surface area contributed by atoms with Gasteiger partial charge in [0.2, 0.25) is 0 Å². The number of aryl methyl sites for hydroxylation is 1. The van der Waals surface area contributed by atoms with Crippen molar-refractivity contribution in [3.05, 3.63) is 17.5 Å². The standard InChI is InChI=1S/C16H24N4O3/c1-2-11-7-14(19-18-11)16(23)17-12-5-13(6-12)20(9-15(21)22)8-10-3-4-10/h7,10,12-13H,2-6,8-9H2,1H3,(H,17,23)(H,18,19)(H,21,22). The van der Waals surface area contributed by atoms with Gasteiger partial charge in [-0.3, -0.25) is 19.6 Å². The van der Waals surface area contributed by atoms with E-state index in [0.29, 0.717) is 11.6 Å². The first kappa shape index (κ1) is 16.0. The zero-order valence-corrected chi connectivity index (χ0v) is 13.4. The number of aromatic amines is 1. The predicted octanol–water partition coefficient (Wildman–Crippen LogP) is 1.03. The van der Waals surface area contributed by atoms with Crippen molar-refractivity contribution < 1.29 is 14.7 Å². The van der Waals surface area contributed by atoms with E-state index < -0.39 is 5.97 Å². The van der Waals surface area contributed by atoms with Crippen molar-refractivity contribution in [2.75, 3.05) is 13.1 Å². The molecule has 1 heterocycles. The van der Waals surface area contributed by atoms with Gasteiger partial charge in [0, 0.05) is 24.3 Å². The molecule has 2 aliphatic carbocycles. The molecule has 23 heavy (non-hydrogen) atoms. The van der Waals surface area contributed by atoms with Crippen LogP contribution in [0.4, 0.5) is 0 Å². The number of carbonyl (C=O) groups is 2. The number of H-pyrrole nitrogens is 1. The van der Waals surface area contributed by atoms with Gasteiger partial charge in [0.05, 0.1) is 6.54 Å². The molecular weight excluding hydrogens is 296 g/mol. The number of aromatic nitrogens is 2. The van der Waals surface area contributed by atoms with E-state index in [-0.39, 0.29) is 24.5 Å². The molecule has 1 aromatic rings. The van der Waals surface area contributed by atoms with Gasteiger partial charge in [0.1, 0.15) is 5.69 Å². The topological polar surface area (TPSA) is 98.3 Å². The Morgan fingerprint density at radius 3 is 2.74 bits per heavy atom. The molecule has 2 fully saturated rings. The predicted molar refractivity (Wildman–Crippen MR) is 84.2 cm³/mol. The van der Waals surface area contributed by atoms with Gasteiger partial charge in [-0.2, -0.15) is 5.10 Å². The molecule has 2 saturated carbocycles. The number of aliphatic carboxylic acids is 1. The largest absolute Gasteiger partial charge is 0.480 e. The SMILES string of the molecule is CCc1cc(C(=O)NC2CC(N(CC(=O)O)CC3CC3)C2)n[nH]1. The highest BCUT2D eigenvalue weighted by Gasteiger charge is 2.37. The van der Waals surface area contributed by atoms with E-state index in [2.05, 4.69) is 20.4 Å². The molecule has 0 bridgehead atoms. The summed E-state index contributed by atoms with van der Waals surface area (Å²) in [6, 6.07) is 2.15. The van der Waals surface area contributed by atoms with Crippen molar-refractivity contribution in [3.8, 4) is 0 Å². The Bertz CT molecular complexity index is 576. The zero-order valence-electron chi connectivity index (χ0n) is 13.4. The number of rotatable bonds is 8. The molecule has 2 aliphatic rings. The second kappa shape index (κ2) is 6.70. The van der Waals surface area contributed by atoms with Gasteiger partial charge in [-0.25, -0.2) is 0 Å². The molecule has 0 unspecified atom stereocenters. The Morgan fingerprint density at radius 2 is 2.17 bits per heavy atom. The Labute approximate surface area is 135 Å². The minimum Gasteiger partial charge on any atom is -0.480 e. The van der Waals surface area contributed by atoms with Gasteiger partial charge in [-0.05, 0) is 44.1 Å². The van der Waals surface area contributed by atoms with E-state index in [1.54, 1.807) is 6.07 Å². The van der Waals surface area contributed by atoms with Gasteiger partial charge >= 0.3 is 5.97 Å². The second-order valence-corrected chi connectivity index (χ2v) is 6.69. The lowest BCUT2D eigenvalue weighted by Crippen LogP contribution is -2.55. The van der Waals surface area contributed by atoms with Crippen molar-refractivity contribution in [3.63, 3.8) is 0 Å². The highest BCUT2D eigenvalue weighted by Crippen LogP contribution is 2.33. The number of nitrogens with one attached hydrogen (secondary N) is 2. The Hall–Kier alpha value is -1.89. The zero-order chi connectivity index (χ0) is 16.4. The first-order chi connectivity index (χ1) is 11.0. The first-order valence-corrected chi connectivity index (χ1v) is 8.36. The summed E-state index contributed by atoms with van der Waals surface area (Å²) >= 11 is 0. The molecule has 1 amide bonds. The summed E-state index contributed by atoms with van der Waals surface area (Å²) < 4.78 is 0. The Kier molecular flexibility index (Phi) is 4.66. The number of amides is 1. The van der Waals surface area contributed by atoms with Crippen molar-refractivity contribution in [1.29, 1.82) is 0 Å². The van der Waals surface area contributed by atoms with E-state index >= 15 is 0 Å². The minimum absolute atomic E-state index is 0.0983. The van der Waals surface area contributed by atoms with Gasteiger partial charge in [-0.1, -0.05) is 6.92 Å². The molecular formula is C16H24N4O3. The molecule has 3 rings (SSSR count). The van der Waals surface area contributed by atoms with Crippen molar-refractivity contribution >= 4 is 11.9 Å². The fraction of sp³-hybridized carbons (Fsp3) is 0.688. The van der Waals surface area contributed by atoms with Gasteiger partial charge in [-0.15, -0.1) is 0 Å². The third-order valence-corrected chi connectivity index (χ3v) is 4.74. The number of carboxylic acid groups (broad SMARTS) is 1. The van der Waals surface area contributed by atoms with Gasteiger partial charge in [0.25, 0.3) is 5.91 Å². The average molecular weight is 320 g/mol. The highest BCUT2D eigenvalue weighted by atomic mass is 16.4. The van der Waals surface area contributed by atoms with E-state index in [0.717, 1.165) is 31.5 Å². The maximum Gasteiger partial charge on any atom is 0.317 e. The van der Waals surface area contributed by atoms with E-state index in [1.165, 1.54) is 12.8 Å². The van der Waals surface area contributed by atoms with Crippen molar-refractivity contribution in [2.45, 2.75) is 51.1 Å². The Balaban J connectivity index is 1.47. The van der Waals surface area contributed by atoms with Crippen molar-refractivity contribution in [2.24, 2.45) is 5.92 Å². The van der Waals surface area contributed by atoms with Crippen LogP contribution in [0.25, 0.3) is 0 Å². The molecule has 0 radical (unpaired) electrons. The summed E-state index contributed by atoms with van der Waals surface area (Å²) in [6.45, 7) is 2.97. The average Bonchev–Trinajstić information content (AvgIpc) is 3.14. The molecule has 0 saturated heterocycles. The molecule has 0 atom stereocenters. The van der Waals surface area contributed by atoms with Crippen LogP contribution in [-0.4, -0.2) is 57.3 Å². The normalized spacial score (nSPS) is 23.6. The quantitative estimate of drug-likeness (QED) is 0.664. The lowest BCUT2D eigenvalue weighted by Gasteiger charge is -2.42. The molecule has 7 heteroatoms. The smallest absolute Gasteiger partial charge is 0.317 e. The van der Waals surface area contributed by atoms with E-state index in [4.69, 9.17) is 5.11 Å². The lowest BCUT2D eigenvalue weighted by atomic mass is 9.85. The number of hydrogen-bond acceptors (Lipinski definition) is 4. The summed E-state index contributed by atoms with van der Waals surface area (Å²) in [5, 5.41) is 18.9. The van der Waals surface area contributed by atoms with Crippen molar-refractivity contribution in [1.82, 2.24) is 20.4 Å². The van der Waals surface area contributed by atoms with Gasteiger partial charge in [0.15, 0.2) is 0 Å². The molecule has 126 valence electrons. The van der Waals surface area contributed by atoms with Crippen LogP contribution in [0.1, 0.15) is 48.8 Å². The highest BCUT2D eigenvalue weighted by molar-refractivity contribution is 5.92. The number of hydrogen-bond donors (Lipinski definition) is 3. The molecule has 0 aliphatic heterocycles. The van der Waals surface area contributed by atoms with Gasteiger partial charge < -0.3 is 10.4 Å². The third kappa shape index (κ3) is 4.10. The molecule has 0 spiro atoms. The van der Waals surface area contributed by atoms with Crippen LogP contribution in [0.2, 0.25) is 0 Å². The van der Waals surface area contributed by atoms with E-state index in [1.807, 2.05) is 6.92 Å². The van der Waals surface area contributed by atoms with E-state index in [9.17, 15) is 9.59 Å². The van der Waals surface area contributed by atoms with Crippen LogP contribution in [0.15, 0.2) is 6.07 Å². The van der Waals surface area contributed by atoms with Crippen LogP contribution < -0.4 is 5.32 Å².